The molecule has 0 atom stereocenters. The van der Waals surface area contributed by atoms with Gasteiger partial charge in [-0.25, -0.2) is 0 Å². The van der Waals surface area contributed by atoms with Gasteiger partial charge in [0, 0.05) is 47.0 Å². The van der Waals surface area contributed by atoms with E-state index in [1.165, 1.54) is 0 Å². The fourth-order valence-electron chi connectivity index (χ4n) is 4.30. The SMILES string of the molecule is CN1CCCN(C(=O)c2ccc(Cl)c(-c3ccc(/C=C4/C(=O)Nc5ccc(Cl)cc54)o3)c2)CC1. The number of anilines is 1. The van der Waals surface area contributed by atoms with Gasteiger partial charge in [-0.2, -0.15) is 0 Å². The summed E-state index contributed by atoms with van der Waals surface area (Å²) < 4.78 is 6.01. The van der Waals surface area contributed by atoms with Gasteiger partial charge in [-0.3, -0.25) is 9.59 Å². The fraction of sp³-hybridized carbons (Fsp3) is 0.231. The smallest absolute Gasteiger partial charge is 0.256 e. The molecule has 3 aromatic rings. The van der Waals surface area contributed by atoms with Crippen molar-refractivity contribution in [2.75, 3.05) is 38.5 Å². The highest BCUT2D eigenvalue weighted by atomic mass is 35.5. The van der Waals surface area contributed by atoms with Crippen LogP contribution < -0.4 is 5.32 Å². The molecule has 1 N–H and O–H groups in total. The lowest BCUT2D eigenvalue weighted by molar-refractivity contribution is -0.110. The van der Waals surface area contributed by atoms with E-state index >= 15 is 0 Å². The van der Waals surface area contributed by atoms with E-state index in [0.29, 0.717) is 50.5 Å². The molecule has 0 radical (unpaired) electrons. The van der Waals surface area contributed by atoms with Crippen LogP contribution in [-0.2, 0) is 4.79 Å². The lowest BCUT2D eigenvalue weighted by Gasteiger charge is -2.21. The normalized spacial score (nSPS) is 17.6. The van der Waals surface area contributed by atoms with Gasteiger partial charge in [0.15, 0.2) is 0 Å². The van der Waals surface area contributed by atoms with Crippen LogP contribution >= 0.6 is 23.2 Å². The van der Waals surface area contributed by atoms with E-state index in [-0.39, 0.29) is 11.8 Å². The quantitative estimate of drug-likeness (QED) is 0.485. The zero-order valence-corrected chi connectivity index (χ0v) is 20.1. The molecule has 2 aliphatic heterocycles. The number of benzene rings is 2. The summed E-state index contributed by atoms with van der Waals surface area (Å²) in [5.41, 5.74) is 3.10. The summed E-state index contributed by atoms with van der Waals surface area (Å²) in [4.78, 5) is 29.7. The van der Waals surface area contributed by atoms with Crippen molar-refractivity contribution in [2.45, 2.75) is 6.42 Å². The van der Waals surface area contributed by atoms with E-state index in [1.54, 1.807) is 54.6 Å². The van der Waals surface area contributed by atoms with E-state index in [2.05, 4.69) is 17.3 Å². The second-order valence-electron chi connectivity index (χ2n) is 8.55. The second kappa shape index (κ2) is 9.29. The highest BCUT2D eigenvalue weighted by Gasteiger charge is 2.25. The van der Waals surface area contributed by atoms with Crippen molar-refractivity contribution in [1.29, 1.82) is 0 Å². The number of amides is 2. The summed E-state index contributed by atoms with van der Waals surface area (Å²) in [6, 6.07) is 14.0. The summed E-state index contributed by atoms with van der Waals surface area (Å²) >= 11 is 12.6. The third-order valence-electron chi connectivity index (χ3n) is 6.16. The number of carbonyl (C=O) groups excluding carboxylic acids is 2. The lowest BCUT2D eigenvalue weighted by atomic mass is 10.1. The van der Waals surface area contributed by atoms with Crippen molar-refractivity contribution in [3.8, 4) is 11.3 Å². The first-order valence-electron chi connectivity index (χ1n) is 11.1. The third-order valence-corrected chi connectivity index (χ3v) is 6.73. The summed E-state index contributed by atoms with van der Waals surface area (Å²) in [7, 11) is 2.07. The zero-order valence-electron chi connectivity index (χ0n) is 18.6. The predicted octanol–water partition coefficient (Wildman–Crippen LogP) is 5.52. The number of furan rings is 1. The number of rotatable bonds is 3. The van der Waals surface area contributed by atoms with Crippen molar-refractivity contribution in [3.63, 3.8) is 0 Å². The number of fused-ring (bicyclic) bond motifs is 1. The van der Waals surface area contributed by atoms with Crippen molar-refractivity contribution in [1.82, 2.24) is 9.80 Å². The molecule has 2 aliphatic rings. The van der Waals surface area contributed by atoms with Crippen molar-refractivity contribution in [2.24, 2.45) is 0 Å². The highest BCUT2D eigenvalue weighted by molar-refractivity contribution is 6.36. The van der Waals surface area contributed by atoms with Crippen LogP contribution in [0.25, 0.3) is 23.0 Å². The van der Waals surface area contributed by atoms with Gasteiger partial charge in [-0.15, -0.1) is 0 Å². The Morgan fingerprint density at radius 3 is 2.71 bits per heavy atom. The first-order chi connectivity index (χ1) is 16.4. The Hall–Kier alpha value is -3.06. The topological polar surface area (TPSA) is 65.8 Å². The molecule has 8 heteroatoms. The lowest BCUT2D eigenvalue weighted by Crippen LogP contribution is -2.34. The maximum Gasteiger partial charge on any atom is 0.256 e. The third kappa shape index (κ3) is 4.49. The predicted molar refractivity (Wildman–Crippen MR) is 135 cm³/mol. The number of halogens is 2. The maximum atomic E-state index is 13.1. The van der Waals surface area contributed by atoms with Crippen LogP contribution in [0.15, 0.2) is 52.9 Å². The number of likely N-dealkylation sites (N-methyl/N-ethyl adjacent to an activating group) is 1. The van der Waals surface area contributed by atoms with Gasteiger partial charge in [-0.1, -0.05) is 23.2 Å². The minimum absolute atomic E-state index is 0.0155. The highest BCUT2D eigenvalue weighted by Crippen LogP contribution is 2.36. The monoisotopic (exact) mass is 495 g/mol. The summed E-state index contributed by atoms with van der Waals surface area (Å²) in [6.45, 7) is 3.26. The maximum absolute atomic E-state index is 13.1. The Labute approximate surface area is 207 Å². The van der Waals surface area contributed by atoms with Crippen molar-refractivity contribution in [3.05, 3.63) is 75.5 Å². The van der Waals surface area contributed by atoms with Gasteiger partial charge in [0.25, 0.3) is 11.8 Å². The Kier molecular flexibility index (Phi) is 6.21. The van der Waals surface area contributed by atoms with Crippen LogP contribution in [0.2, 0.25) is 10.0 Å². The summed E-state index contributed by atoms with van der Waals surface area (Å²) in [5.74, 6) is 0.783. The van der Waals surface area contributed by atoms with Crippen molar-refractivity contribution < 1.29 is 14.0 Å². The molecule has 1 fully saturated rings. The van der Waals surface area contributed by atoms with Crippen LogP contribution in [0, 0.1) is 0 Å². The van der Waals surface area contributed by atoms with Gasteiger partial charge in [-0.05, 0) is 74.6 Å². The molecule has 0 unspecified atom stereocenters. The molecule has 0 aliphatic carbocycles. The van der Waals surface area contributed by atoms with E-state index in [0.717, 1.165) is 31.6 Å². The van der Waals surface area contributed by atoms with Crippen LogP contribution in [0.1, 0.15) is 28.1 Å². The molecule has 0 spiro atoms. The number of hydrogen-bond acceptors (Lipinski definition) is 4. The zero-order chi connectivity index (χ0) is 23.8. The Morgan fingerprint density at radius 2 is 1.85 bits per heavy atom. The molecule has 2 amide bonds. The Balaban J connectivity index is 1.43. The van der Waals surface area contributed by atoms with Crippen molar-refractivity contribution >= 4 is 52.4 Å². The minimum Gasteiger partial charge on any atom is -0.457 e. The molecule has 1 aromatic heterocycles. The van der Waals surface area contributed by atoms with Crippen LogP contribution in [-0.4, -0.2) is 54.8 Å². The van der Waals surface area contributed by atoms with Gasteiger partial charge in [0.1, 0.15) is 11.5 Å². The number of carbonyl (C=O) groups is 2. The standard InChI is InChI=1S/C26H23Cl2N3O3/c1-30-9-2-10-31(12-11-30)26(33)16-3-6-22(28)21(13-16)24-8-5-18(34-24)15-20-19-14-17(27)4-7-23(19)29-25(20)32/h3-8,13-15H,2,9-12H2,1H3,(H,29,32)/b20-15+. The van der Waals surface area contributed by atoms with E-state index in [4.69, 9.17) is 27.6 Å². The Morgan fingerprint density at radius 1 is 1.00 bits per heavy atom. The molecule has 6 nitrogen and oxygen atoms in total. The molecule has 5 rings (SSSR count). The summed E-state index contributed by atoms with van der Waals surface area (Å²) in [6.07, 6.45) is 2.62. The second-order valence-corrected chi connectivity index (χ2v) is 9.39. The van der Waals surface area contributed by atoms with Crippen LogP contribution in [0.5, 0.6) is 0 Å². The van der Waals surface area contributed by atoms with Crippen LogP contribution in [0.3, 0.4) is 0 Å². The van der Waals surface area contributed by atoms with Crippen LogP contribution in [0.4, 0.5) is 5.69 Å². The summed E-state index contributed by atoms with van der Waals surface area (Å²) in [5, 5.41) is 3.86. The first-order valence-corrected chi connectivity index (χ1v) is 11.9. The number of hydrogen-bond donors (Lipinski definition) is 1. The average molecular weight is 496 g/mol. The van der Waals surface area contributed by atoms with Gasteiger partial charge in [0.2, 0.25) is 0 Å². The molecule has 3 heterocycles. The Bertz CT molecular complexity index is 1310. The molecular formula is C26H23Cl2N3O3. The first kappa shape index (κ1) is 22.7. The minimum atomic E-state index is -0.219. The molecule has 34 heavy (non-hydrogen) atoms. The van der Waals surface area contributed by atoms with Gasteiger partial charge < -0.3 is 19.5 Å². The molecule has 174 valence electrons. The fourth-order valence-corrected chi connectivity index (χ4v) is 4.68. The number of nitrogens with zero attached hydrogens (tertiary/aromatic N) is 2. The largest absolute Gasteiger partial charge is 0.457 e. The molecule has 0 saturated carbocycles. The molecular weight excluding hydrogens is 473 g/mol. The number of nitrogens with one attached hydrogen (secondary N) is 1. The molecule has 2 aromatic carbocycles. The van der Waals surface area contributed by atoms with Gasteiger partial charge in [0.05, 0.1) is 10.6 Å². The van der Waals surface area contributed by atoms with E-state index < -0.39 is 0 Å². The molecule has 1 saturated heterocycles. The van der Waals surface area contributed by atoms with E-state index in [1.807, 2.05) is 4.90 Å². The van der Waals surface area contributed by atoms with E-state index in [9.17, 15) is 9.59 Å². The molecule has 0 bridgehead atoms. The van der Waals surface area contributed by atoms with Gasteiger partial charge >= 0.3 is 0 Å². The average Bonchev–Trinajstić information content (AvgIpc) is 3.33.